The van der Waals surface area contributed by atoms with E-state index in [9.17, 15) is 9.59 Å². The zero-order valence-electron chi connectivity index (χ0n) is 9.28. The molecule has 0 saturated carbocycles. The Balaban J connectivity index is 2.21. The van der Waals surface area contributed by atoms with E-state index in [1.54, 1.807) is 6.20 Å². The molecule has 0 aliphatic carbocycles. The maximum Gasteiger partial charge on any atom is 0.302 e. The fourth-order valence-electron chi connectivity index (χ4n) is 1.04. The summed E-state index contributed by atoms with van der Waals surface area (Å²) in [6.07, 6.45) is 1.61. The van der Waals surface area contributed by atoms with Crippen LogP contribution in [0.2, 0.25) is 0 Å². The summed E-state index contributed by atoms with van der Waals surface area (Å²) < 4.78 is 9.87. The average Bonchev–Trinajstić information content (AvgIpc) is 2.65. The van der Waals surface area contributed by atoms with Gasteiger partial charge in [-0.2, -0.15) is 0 Å². The third-order valence-corrected chi connectivity index (χ3v) is 1.75. The number of nitrogens with zero attached hydrogens (tertiary/aromatic N) is 1. The van der Waals surface area contributed by atoms with E-state index in [2.05, 4.69) is 14.7 Å². The van der Waals surface area contributed by atoms with Crippen molar-refractivity contribution in [1.29, 1.82) is 0 Å². The summed E-state index contributed by atoms with van der Waals surface area (Å²) in [7, 11) is 0. The van der Waals surface area contributed by atoms with Gasteiger partial charge in [-0.1, -0.05) is 0 Å². The van der Waals surface area contributed by atoms with Crippen LogP contribution < -0.4 is 0 Å². The van der Waals surface area contributed by atoms with Gasteiger partial charge in [-0.25, -0.2) is 4.98 Å². The molecule has 16 heavy (non-hydrogen) atoms. The number of imidazole rings is 1. The highest BCUT2D eigenvalue weighted by molar-refractivity contribution is 5.90. The molecule has 0 amide bonds. The molecule has 0 aliphatic rings. The van der Waals surface area contributed by atoms with Crippen LogP contribution in [0.5, 0.6) is 0 Å². The van der Waals surface area contributed by atoms with Crippen LogP contribution in [0, 0.1) is 0 Å². The lowest BCUT2D eigenvalue weighted by Crippen LogP contribution is -2.07. The number of aromatic amines is 1. The summed E-state index contributed by atoms with van der Waals surface area (Å²) in [6, 6.07) is 0. The summed E-state index contributed by atoms with van der Waals surface area (Å²) >= 11 is 0. The maximum absolute atomic E-state index is 10.9. The minimum Gasteiger partial charge on any atom is -0.463 e. The maximum atomic E-state index is 10.9. The van der Waals surface area contributed by atoms with E-state index in [-0.39, 0.29) is 25.0 Å². The molecule has 6 heteroatoms. The van der Waals surface area contributed by atoms with Crippen molar-refractivity contribution in [3.8, 4) is 0 Å². The van der Waals surface area contributed by atoms with Gasteiger partial charge in [0.05, 0.1) is 18.9 Å². The van der Waals surface area contributed by atoms with Gasteiger partial charge in [0.25, 0.3) is 0 Å². The SMILES string of the molecule is CC(=O)OCCOCc1c[nH]c(C(C)=O)n1. The first-order valence-electron chi connectivity index (χ1n) is 4.86. The first-order chi connectivity index (χ1) is 7.59. The lowest BCUT2D eigenvalue weighted by molar-refractivity contribution is -0.142. The van der Waals surface area contributed by atoms with Gasteiger partial charge in [-0.15, -0.1) is 0 Å². The highest BCUT2D eigenvalue weighted by Gasteiger charge is 2.05. The summed E-state index contributed by atoms with van der Waals surface area (Å²) in [4.78, 5) is 28.1. The molecular formula is C10H14N2O4. The normalized spacial score (nSPS) is 10.1. The predicted octanol–water partition coefficient (Wildman–Crippen LogP) is 0.692. The second kappa shape index (κ2) is 6.02. The first-order valence-corrected chi connectivity index (χ1v) is 4.86. The highest BCUT2D eigenvalue weighted by atomic mass is 16.6. The number of carbonyl (C=O) groups is 2. The molecule has 1 rings (SSSR count). The zero-order chi connectivity index (χ0) is 12.0. The van der Waals surface area contributed by atoms with Crippen molar-refractivity contribution in [3.05, 3.63) is 17.7 Å². The molecule has 1 N–H and O–H groups in total. The molecule has 0 bridgehead atoms. The van der Waals surface area contributed by atoms with Crippen molar-refractivity contribution in [3.63, 3.8) is 0 Å². The Bertz CT molecular complexity index is 373. The smallest absolute Gasteiger partial charge is 0.302 e. The van der Waals surface area contributed by atoms with E-state index < -0.39 is 0 Å². The third kappa shape index (κ3) is 4.22. The number of rotatable bonds is 6. The van der Waals surface area contributed by atoms with Crippen LogP contribution in [-0.4, -0.2) is 34.9 Å². The first kappa shape index (κ1) is 12.4. The number of esters is 1. The second-order valence-electron chi connectivity index (χ2n) is 3.19. The zero-order valence-corrected chi connectivity index (χ0v) is 9.28. The van der Waals surface area contributed by atoms with Gasteiger partial charge in [0.2, 0.25) is 0 Å². The number of hydrogen-bond donors (Lipinski definition) is 1. The quantitative estimate of drug-likeness (QED) is 0.438. The molecule has 1 aromatic rings. The van der Waals surface area contributed by atoms with Crippen molar-refractivity contribution < 1.29 is 19.1 Å². The highest BCUT2D eigenvalue weighted by Crippen LogP contribution is 1.99. The van der Waals surface area contributed by atoms with Gasteiger partial charge < -0.3 is 14.5 Å². The largest absolute Gasteiger partial charge is 0.463 e. The Morgan fingerprint density at radius 2 is 2.12 bits per heavy atom. The Labute approximate surface area is 93.0 Å². The standard InChI is InChI=1S/C10H14N2O4/c1-7(13)10-11-5-9(12-10)6-15-3-4-16-8(2)14/h5H,3-4,6H2,1-2H3,(H,11,12). The van der Waals surface area contributed by atoms with E-state index >= 15 is 0 Å². The number of ether oxygens (including phenoxy) is 2. The summed E-state index contributed by atoms with van der Waals surface area (Å²) in [5.41, 5.74) is 0.646. The number of aromatic nitrogens is 2. The van der Waals surface area contributed by atoms with Crippen LogP contribution in [0.15, 0.2) is 6.20 Å². The molecule has 1 aromatic heterocycles. The molecule has 88 valence electrons. The van der Waals surface area contributed by atoms with Crippen molar-refractivity contribution in [2.24, 2.45) is 0 Å². The average molecular weight is 226 g/mol. The number of nitrogens with one attached hydrogen (secondary N) is 1. The van der Waals surface area contributed by atoms with E-state index in [0.717, 1.165) is 0 Å². The Morgan fingerprint density at radius 3 is 2.69 bits per heavy atom. The Kier molecular flexibility index (Phi) is 4.65. The molecule has 0 radical (unpaired) electrons. The molecule has 0 saturated heterocycles. The molecule has 0 unspecified atom stereocenters. The molecule has 0 aromatic carbocycles. The van der Waals surface area contributed by atoms with Gasteiger partial charge in [-0.05, 0) is 0 Å². The topological polar surface area (TPSA) is 81.3 Å². The summed E-state index contributed by atoms with van der Waals surface area (Å²) in [6.45, 7) is 3.59. The molecule has 0 aliphatic heterocycles. The molecular weight excluding hydrogens is 212 g/mol. The van der Waals surface area contributed by atoms with E-state index in [0.29, 0.717) is 18.1 Å². The monoisotopic (exact) mass is 226 g/mol. The fourth-order valence-corrected chi connectivity index (χ4v) is 1.04. The van der Waals surface area contributed by atoms with Crippen LogP contribution in [0.3, 0.4) is 0 Å². The fraction of sp³-hybridized carbons (Fsp3) is 0.500. The molecule has 1 heterocycles. The number of H-pyrrole nitrogens is 1. The van der Waals surface area contributed by atoms with E-state index in [4.69, 9.17) is 4.74 Å². The van der Waals surface area contributed by atoms with Crippen LogP contribution in [-0.2, 0) is 20.9 Å². The van der Waals surface area contributed by atoms with Crippen molar-refractivity contribution >= 4 is 11.8 Å². The Hall–Kier alpha value is -1.69. The van der Waals surface area contributed by atoms with E-state index in [1.165, 1.54) is 13.8 Å². The lowest BCUT2D eigenvalue weighted by atomic mass is 10.4. The summed E-state index contributed by atoms with van der Waals surface area (Å²) in [5, 5.41) is 0. The number of Topliss-reactive ketones (excluding diaryl/α,β-unsaturated/α-hetero) is 1. The summed E-state index contributed by atoms with van der Waals surface area (Å²) in [5.74, 6) is -0.132. The van der Waals surface area contributed by atoms with Crippen molar-refractivity contribution in [2.75, 3.05) is 13.2 Å². The van der Waals surface area contributed by atoms with Crippen LogP contribution in [0.4, 0.5) is 0 Å². The molecule has 6 nitrogen and oxygen atoms in total. The second-order valence-corrected chi connectivity index (χ2v) is 3.19. The molecule has 0 fully saturated rings. The minimum atomic E-state index is -0.331. The van der Waals surface area contributed by atoms with E-state index in [1.807, 2.05) is 0 Å². The molecule has 0 spiro atoms. The number of ketones is 1. The van der Waals surface area contributed by atoms with Crippen LogP contribution in [0.25, 0.3) is 0 Å². The van der Waals surface area contributed by atoms with Crippen molar-refractivity contribution in [1.82, 2.24) is 9.97 Å². The Morgan fingerprint density at radius 1 is 1.38 bits per heavy atom. The van der Waals surface area contributed by atoms with Crippen LogP contribution in [0.1, 0.15) is 30.2 Å². The van der Waals surface area contributed by atoms with Gasteiger partial charge >= 0.3 is 5.97 Å². The van der Waals surface area contributed by atoms with Crippen LogP contribution >= 0.6 is 0 Å². The minimum absolute atomic E-state index is 0.119. The van der Waals surface area contributed by atoms with Gasteiger partial charge in [-0.3, -0.25) is 9.59 Å². The predicted molar refractivity (Wildman–Crippen MR) is 54.9 cm³/mol. The number of carbonyl (C=O) groups excluding carboxylic acids is 2. The lowest BCUT2D eigenvalue weighted by Gasteiger charge is -2.02. The van der Waals surface area contributed by atoms with Gasteiger partial charge in [0, 0.05) is 20.0 Å². The molecule has 0 atom stereocenters. The van der Waals surface area contributed by atoms with Crippen molar-refractivity contribution in [2.45, 2.75) is 20.5 Å². The number of hydrogen-bond acceptors (Lipinski definition) is 5. The van der Waals surface area contributed by atoms with Gasteiger partial charge in [0.1, 0.15) is 6.61 Å². The van der Waals surface area contributed by atoms with Gasteiger partial charge in [0.15, 0.2) is 11.6 Å². The third-order valence-electron chi connectivity index (χ3n) is 1.75.